The molecule has 469 valence electrons. The van der Waals surface area contributed by atoms with Gasteiger partial charge in [-0.1, -0.05) is 42.4 Å². The Labute approximate surface area is 529 Å². The Bertz CT molecular complexity index is 4600. The molecule has 6 N–H and O–H groups in total. The third kappa shape index (κ3) is 12.9. The van der Waals surface area contributed by atoms with E-state index >= 15 is 0 Å². The van der Waals surface area contributed by atoms with Gasteiger partial charge in [-0.25, -0.2) is 19.9 Å². The van der Waals surface area contributed by atoms with Crippen molar-refractivity contribution in [2.24, 2.45) is 5.73 Å². The molecule has 0 saturated carbocycles. The first-order valence-electron chi connectivity index (χ1n) is 30.9. The van der Waals surface area contributed by atoms with E-state index in [1.54, 1.807) is 32.7 Å². The third-order valence-electron chi connectivity index (χ3n) is 16.6. The van der Waals surface area contributed by atoms with Crippen LogP contribution in [0.1, 0.15) is 84.4 Å². The minimum Gasteiger partial charge on any atom is -0.496 e. The third-order valence-corrected chi connectivity index (χ3v) is 16.6. The molecule has 1 radical (unpaired) electrons. The minimum absolute atomic E-state index is 0.0995. The molecule has 2 aliphatic heterocycles. The number of aromatic amines is 2. The van der Waals surface area contributed by atoms with E-state index in [1.165, 1.54) is 25.9 Å². The number of H-pyrrole nitrogens is 2. The summed E-state index contributed by atoms with van der Waals surface area (Å²) in [6, 6.07) is 23.8. The zero-order valence-corrected chi connectivity index (χ0v) is 53.4. The minimum atomic E-state index is -0.0995. The number of carbonyl (C=O) groups is 2. The van der Waals surface area contributed by atoms with E-state index in [-0.39, 0.29) is 20.0 Å². The van der Waals surface area contributed by atoms with Crippen molar-refractivity contribution in [3.05, 3.63) is 125 Å². The van der Waals surface area contributed by atoms with Gasteiger partial charge in [0.15, 0.2) is 5.75 Å². The Kier molecular flexibility index (Phi) is 19.4. The summed E-state index contributed by atoms with van der Waals surface area (Å²) < 4.78 is 33.3. The quantitative estimate of drug-likeness (QED) is 0.0628. The number of nitrogens with one attached hydrogen (secondary N) is 3. The Morgan fingerprint density at radius 1 is 0.659 bits per heavy atom. The van der Waals surface area contributed by atoms with Crippen molar-refractivity contribution in [3.8, 4) is 62.0 Å². The topological polar surface area (TPSA) is 288 Å². The van der Waals surface area contributed by atoms with Crippen LogP contribution in [-0.4, -0.2) is 153 Å². The number of benzene rings is 4. The summed E-state index contributed by atoms with van der Waals surface area (Å²) in [7, 11) is 7.81. The number of amides is 1. The number of aromatic nitrogens is 10. The summed E-state index contributed by atoms with van der Waals surface area (Å²) >= 11 is 0. The Morgan fingerprint density at radius 3 is 1.57 bits per heavy atom. The zero-order valence-electron chi connectivity index (χ0n) is 54.4. The molecule has 4 aromatic carbocycles. The van der Waals surface area contributed by atoms with Crippen LogP contribution < -0.4 is 25.3 Å². The predicted molar refractivity (Wildman–Crippen MR) is 357 cm³/mol. The molecule has 14 rings (SSSR count). The highest BCUT2D eigenvalue weighted by Gasteiger charge is 2.27. The van der Waals surface area contributed by atoms with Gasteiger partial charge in [-0.05, 0) is 162 Å². The molecule has 0 spiro atoms. The zero-order chi connectivity index (χ0) is 65.5. The number of nitrogens with zero attached hydrogens (tertiary/aromatic N) is 10. The number of pyridine rings is 2. The number of methoxy groups -OCH3 is 2. The molecule has 1 amide bonds. The van der Waals surface area contributed by atoms with Crippen LogP contribution in [0.15, 0.2) is 94.2 Å². The molecule has 0 aliphatic carbocycles. The van der Waals surface area contributed by atoms with Gasteiger partial charge in [-0.2, -0.15) is 0 Å². The summed E-state index contributed by atoms with van der Waals surface area (Å²) in [5.41, 5.74) is 19.0. The molecule has 23 heteroatoms. The summed E-state index contributed by atoms with van der Waals surface area (Å²) in [6.07, 6.45) is 7.62. The van der Waals surface area contributed by atoms with Crippen molar-refractivity contribution >= 4 is 86.1 Å². The van der Waals surface area contributed by atoms with Crippen molar-refractivity contribution in [3.63, 3.8) is 0 Å². The van der Waals surface area contributed by atoms with Crippen LogP contribution in [0.25, 0.3) is 110 Å². The van der Waals surface area contributed by atoms with Crippen molar-refractivity contribution in [2.75, 3.05) is 54.5 Å². The van der Waals surface area contributed by atoms with E-state index in [9.17, 15) is 9.59 Å². The lowest BCUT2D eigenvalue weighted by molar-refractivity contribution is -0.120. The maximum Gasteiger partial charge on any atom is 0.298 e. The summed E-state index contributed by atoms with van der Waals surface area (Å²) in [4.78, 5) is 64.4. The van der Waals surface area contributed by atoms with Gasteiger partial charge in [0, 0.05) is 80.6 Å². The van der Waals surface area contributed by atoms with Crippen LogP contribution in [0.5, 0.6) is 17.2 Å². The average molecular weight is 1230 g/mol. The molecule has 2 fully saturated rings. The molecule has 0 unspecified atom stereocenters. The number of nitrogens with two attached hydrogens (primary N) is 1. The van der Waals surface area contributed by atoms with Crippen molar-refractivity contribution in [1.82, 2.24) is 65.3 Å². The molecule has 22 nitrogen and oxygen atoms in total. The Balaban J connectivity index is 0.000000171. The largest absolute Gasteiger partial charge is 0.496 e. The van der Waals surface area contributed by atoms with Gasteiger partial charge in [-0.3, -0.25) is 19.6 Å². The van der Waals surface area contributed by atoms with E-state index in [2.05, 4.69) is 70.5 Å². The van der Waals surface area contributed by atoms with Crippen LogP contribution in [0.2, 0.25) is 0 Å². The molecule has 91 heavy (non-hydrogen) atoms. The lowest BCUT2D eigenvalue weighted by atomic mass is 9.97. The van der Waals surface area contributed by atoms with E-state index in [1.807, 2.05) is 116 Å². The Hall–Kier alpha value is -9.68. The first-order chi connectivity index (χ1) is 44.5. The number of likely N-dealkylation sites (tertiary alicyclic amines) is 2. The van der Waals surface area contributed by atoms with Gasteiger partial charge in [0.25, 0.3) is 20.4 Å². The summed E-state index contributed by atoms with van der Waals surface area (Å²) in [5, 5.41) is 23.8. The molecule has 2 aliphatic rings. The second kappa shape index (κ2) is 28.0. The lowest BCUT2D eigenvalue weighted by Crippen LogP contribution is -2.43. The Morgan fingerprint density at radius 2 is 1.12 bits per heavy atom. The fourth-order valence-electron chi connectivity index (χ4n) is 12.2. The first-order valence-corrected chi connectivity index (χ1v) is 30.3. The van der Waals surface area contributed by atoms with Crippen LogP contribution >= 0.6 is 0 Å². The van der Waals surface area contributed by atoms with Crippen molar-refractivity contribution in [1.29, 1.82) is 1.34 Å². The van der Waals surface area contributed by atoms with Gasteiger partial charge in [-0.15, -0.1) is 0 Å². The normalized spacial score (nSPS) is 14.0. The standard InChI is InChI=1S/C33H33N7O3.C27H21N5O4.C6H14N2.C2H6.BH2O/c1-17-28(18(2)43-39-17)25-15-26-24(16-27(25)42-5)29-31(35-19(3)36-32(29)38-26)22-8-9-23(30-21(22)7-6-12-34-30)33(41)37-20-10-13-40(4)14-11-20;1-13-23(14(2)36-32-13)19-10-20-18(11-22(19)34-4)24-26(29-15(3)30-27(24)31-20)17-7-8-21(35-12-33)25-16(17)6-5-9-28-25;1-8-4-2-6(7)3-5-8;2*1-2/h6-9,12,15-16,20H,10-11,13-14H2,1-5H3,(H,37,41)(H,35,36,38);5-12H,1-4H3,(H,29,30,31);6H,2-5,7H2,1H3;1-2H3;1-2H/i;;;;1T. The number of hydrogen-bond acceptors (Lipinski definition) is 19. The van der Waals surface area contributed by atoms with E-state index in [4.69, 9.17) is 50.3 Å². The van der Waals surface area contributed by atoms with E-state index < -0.39 is 0 Å². The number of rotatable bonds is 10. The van der Waals surface area contributed by atoms with Crippen LogP contribution in [0, 0.1) is 41.5 Å². The highest BCUT2D eigenvalue weighted by Crippen LogP contribution is 2.45. The highest BCUT2D eigenvalue weighted by atomic mass is 16.5. The SMILES string of the molecule is CC.CN1CCC(N)CC1.COc1cc2c(cc1-c1c(C)noc1C)[nH]c1nc(C)nc(-c3ccc(C(=O)NC4CCN(C)CC4)c4ncccc34)c12.COc1cc2c(cc1-c1c(C)noc1C)[nH]c1nc(C)nc(-c3ccc(OC=O)c4ncccc34)c12.[3H][B]O. The molecule has 2 saturated heterocycles. The lowest BCUT2D eigenvalue weighted by Gasteiger charge is -2.29. The summed E-state index contributed by atoms with van der Waals surface area (Å²) in [6.45, 7) is 20.1. The molecule has 10 heterocycles. The summed E-state index contributed by atoms with van der Waals surface area (Å²) in [5.74, 6) is 4.36. The number of ether oxygens (including phenoxy) is 3. The number of hydrogen-bond donors (Lipinski definition) is 5. The fourth-order valence-corrected chi connectivity index (χ4v) is 12.2. The monoisotopic (exact) mass is 1230 g/mol. The van der Waals surface area contributed by atoms with Gasteiger partial charge in [0.05, 0.1) is 70.0 Å². The van der Waals surface area contributed by atoms with Crippen LogP contribution in [-0.2, 0) is 4.79 Å². The highest BCUT2D eigenvalue weighted by molar-refractivity contribution is 6.18. The maximum atomic E-state index is 13.5. The first kappa shape index (κ1) is 62.9. The van der Waals surface area contributed by atoms with Gasteiger partial charge < -0.3 is 59.1 Å². The predicted octanol–water partition coefficient (Wildman–Crippen LogP) is 11.0. The molecule has 0 bridgehead atoms. The molecular formula is C68H76BN14O8. The van der Waals surface area contributed by atoms with Crippen LogP contribution in [0.4, 0.5) is 0 Å². The van der Waals surface area contributed by atoms with Crippen molar-refractivity contribution < 1.29 is 37.9 Å². The molecule has 12 aromatic rings. The number of aryl methyl sites for hydroxylation is 6. The van der Waals surface area contributed by atoms with Gasteiger partial charge in [0.2, 0.25) is 0 Å². The average Bonchev–Trinajstić information content (AvgIpc) is 1.51. The second-order valence-corrected chi connectivity index (χ2v) is 22.5. The number of carbonyl (C=O) groups excluding carboxylic acids is 2. The van der Waals surface area contributed by atoms with E-state index in [0.29, 0.717) is 69.4 Å². The maximum absolute atomic E-state index is 13.5. The second-order valence-electron chi connectivity index (χ2n) is 22.5. The number of fused-ring (bicyclic) bond motifs is 8. The van der Waals surface area contributed by atoms with Gasteiger partial charge in [0.1, 0.15) is 51.5 Å². The molecule has 0 atom stereocenters. The smallest absolute Gasteiger partial charge is 0.298 e. The molecular weight excluding hydrogens is 1150 g/mol. The van der Waals surface area contributed by atoms with E-state index in [0.717, 1.165) is 137 Å². The fraction of sp³-hybridized carbons (Fsp3) is 0.324. The number of piperidine rings is 2. The molecule has 8 aromatic heterocycles. The van der Waals surface area contributed by atoms with Gasteiger partial charge >= 0.3 is 0 Å². The van der Waals surface area contributed by atoms with Crippen molar-refractivity contribution in [2.45, 2.75) is 93.2 Å². The van der Waals surface area contributed by atoms with Crippen LogP contribution in [0.3, 0.4) is 0 Å².